The zero-order valence-electron chi connectivity index (χ0n) is 15.3. The van der Waals surface area contributed by atoms with Gasteiger partial charge in [-0.3, -0.25) is 9.59 Å². The lowest BCUT2D eigenvalue weighted by Gasteiger charge is -2.28. The van der Waals surface area contributed by atoms with E-state index in [0.717, 1.165) is 39.1 Å². The Balaban J connectivity index is 1.71. The minimum atomic E-state index is -0.302. The van der Waals surface area contributed by atoms with Crippen LogP contribution in [0.4, 0.5) is 0 Å². The van der Waals surface area contributed by atoms with Gasteiger partial charge in [0.05, 0.1) is 5.88 Å². The Morgan fingerprint density at radius 2 is 1.96 bits per heavy atom. The lowest BCUT2D eigenvalue weighted by atomic mass is 9.91. The molecule has 2 fully saturated rings. The molecule has 2 aliphatic heterocycles. The van der Waals surface area contributed by atoms with Crippen molar-refractivity contribution in [1.29, 1.82) is 0 Å². The van der Waals surface area contributed by atoms with E-state index in [1.54, 1.807) is 16.7 Å². The molecule has 0 aliphatic carbocycles. The van der Waals surface area contributed by atoms with Gasteiger partial charge in [-0.25, -0.2) is 0 Å². The second-order valence-electron chi connectivity index (χ2n) is 7.85. The second kappa shape index (κ2) is 9.06. The van der Waals surface area contributed by atoms with Crippen LogP contribution in [0, 0.1) is 5.41 Å². The lowest BCUT2D eigenvalue weighted by molar-refractivity contribution is -0.139. The van der Waals surface area contributed by atoms with Crippen LogP contribution in [0.25, 0.3) is 0 Å². The fourth-order valence-corrected chi connectivity index (χ4v) is 4.21. The number of nitrogens with one attached hydrogen (secondary N) is 2. The van der Waals surface area contributed by atoms with Crippen molar-refractivity contribution < 1.29 is 9.59 Å². The van der Waals surface area contributed by atoms with Crippen molar-refractivity contribution in [3.05, 3.63) is 0 Å². The van der Waals surface area contributed by atoms with E-state index in [-0.39, 0.29) is 23.3 Å². The highest BCUT2D eigenvalue weighted by molar-refractivity contribution is 7.99. The van der Waals surface area contributed by atoms with Gasteiger partial charge in [0.2, 0.25) is 11.8 Å². The Kier molecular flexibility index (Phi) is 7.37. The van der Waals surface area contributed by atoms with Crippen LogP contribution in [0.5, 0.6) is 0 Å². The van der Waals surface area contributed by atoms with E-state index in [1.807, 2.05) is 0 Å². The topological polar surface area (TPSA) is 64.7 Å². The summed E-state index contributed by atoms with van der Waals surface area (Å²) in [5.74, 6) is 1.43. The van der Waals surface area contributed by atoms with Gasteiger partial charge in [0.15, 0.2) is 0 Å². The highest BCUT2D eigenvalue weighted by Crippen LogP contribution is 2.26. The van der Waals surface area contributed by atoms with Crippen LogP contribution in [-0.2, 0) is 9.59 Å². The van der Waals surface area contributed by atoms with E-state index in [1.165, 1.54) is 0 Å². The van der Waals surface area contributed by atoms with E-state index in [9.17, 15) is 9.59 Å². The smallest absolute Gasteiger partial charge is 0.243 e. The molecule has 2 N–H and O–H groups in total. The molecule has 0 saturated carbocycles. The molecule has 2 amide bonds. The molecule has 0 aromatic carbocycles. The summed E-state index contributed by atoms with van der Waals surface area (Å²) in [4.78, 5) is 29.0. The van der Waals surface area contributed by atoms with Gasteiger partial charge in [0, 0.05) is 44.9 Å². The first-order valence-electron chi connectivity index (χ1n) is 8.95. The second-order valence-corrected chi connectivity index (χ2v) is 8.85. The van der Waals surface area contributed by atoms with E-state index in [4.69, 9.17) is 0 Å². The standard InChI is InChI=1S/C17H32N4O2S/c1-17(2,3)11-15(22)21-13-24-12-14(21)16(23)19-5-4-8-20-9-6-18-7-10-20/h14,18H,4-13H2,1-3H3,(H,19,23). The van der Waals surface area contributed by atoms with E-state index in [0.29, 0.717) is 24.6 Å². The first-order valence-corrected chi connectivity index (χ1v) is 10.1. The number of piperazine rings is 1. The summed E-state index contributed by atoms with van der Waals surface area (Å²) in [5, 5.41) is 6.36. The lowest BCUT2D eigenvalue weighted by Crippen LogP contribution is -2.48. The molecule has 138 valence electrons. The molecule has 24 heavy (non-hydrogen) atoms. The van der Waals surface area contributed by atoms with Crippen LogP contribution in [0.1, 0.15) is 33.6 Å². The largest absolute Gasteiger partial charge is 0.354 e. The van der Waals surface area contributed by atoms with Crippen molar-refractivity contribution in [2.24, 2.45) is 5.41 Å². The number of carbonyl (C=O) groups is 2. The van der Waals surface area contributed by atoms with Crippen molar-refractivity contribution in [2.75, 3.05) is 50.9 Å². The number of rotatable bonds is 6. The van der Waals surface area contributed by atoms with Gasteiger partial charge in [0.25, 0.3) is 0 Å². The summed E-state index contributed by atoms with van der Waals surface area (Å²) in [7, 11) is 0. The summed E-state index contributed by atoms with van der Waals surface area (Å²) in [6.45, 7) is 12.1. The molecule has 6 nitrogen and oxygen atoms in total. The van der Waals surface area contributed by atoms with Crippen LogP contribution < -0.4 is 10.6 Å². The van der Waals surface area contributed by atoms with Crippen LogP contribution in [0.3, 0.4) is 0 Å². The summed E-state index contributed by atoms with van der Waals surface area (Å²) in [5.41, 5.74) is -0.0470. The van der Waals surface area contributed by atoms with Gasteiger partial charge < -0.3 is 20.4 Å². The average Bonchev–Trinajstić information content (AvgIpc) is 3.00. The number of hydrogen-bond acceptors (Lipinski definition) is 5. The quantitative estimate of drug-likeness (QED) is 0.687. The molecule has 0 spiro atoms. The van der Waals surface area contributed by atoms with Crippen LogP contribution in [0.15, 0.2) is 0 Å². The monoisotopic (exact) mass is 356 g/mol. The maximum Gasteiger partial charge on any atom is 0.243 e. The molecular weight excluding hydrogens is 324 g/mol. The summed E-state index contributed by atoms with van der Waals surface area (Å²) < 4.78 is 0. The average molecular weight is 357 g/mol. The van der Waals surface area contributed by atoms with E-state index >= 15 is 0 Å². The molecule has 1 unspecified atom stereocenters. The van der Waals surface area contributed by atoms with Crippen molar-refractivity contribution in [3.8, 4) is 0 Å². The van der Waals surface area contributed by atoms with Gasteiger partial charge >= 0.3 is 0 Å². The molecular formula is C17H32N4O2S. The molecule has 0 radical (unpaired) electrons. The molecule has 0 aromatic heterocycles. The third-order valence-electron chi connectivity index (χ3n) is 4.35. The molecule has 7 heteroatoms. The fourth-order valence-electron chi connectivity index (χ4n) is 3.03. The fraction of sp³-hybridized carbons (Fsp3) is 0.882. The van der Waals surface area contributed by atoms with Gasteiger partial charge in [-0.1, -0.05) is 20.8 Å². The Morgan fingerprint density at radius 3 is 2.62 bits per heavy atom. The molecule has 2 aliphatic rings. The molecule has 2 heterocycles. The number of carbonyl (C=O) groups excluding carboxylic acids is 2. The highest BCUT2D eigenvalue weighted by Gasteiger charge is 2.35. The van der Waals surface area contributed by atoms with Crippen molar-refractivity contribution in [1.82, 2.24) is 20.4 Å². The number of hydrogen-bond donors (Lipinski definition) is 2. The first kappa shape index (κ1) is 19.5. The number of nitrogens with zero attached hydrogens (tertiary/aromatic N) is 2. The minimum absolute atomic E-state index is 0.00238. The van der Waals surface area contributed by atoms with Gasteiger partial charge in [-0.05, 0) is 18.4 Å². The van der Waals surface area contributed by atoms with Gasteiger partial charge in [-0.2, -0.15) is 0 Å². The predicted molar refractivity (Wildman–Crippen MR) is 99.0 cm³/mol. The first-order chi connectivity index (χ1) is 11.4. The molecule has 0 bridgehead atoms. The summed E-state index contributed by atoms with van der Waals surface area (Å²) in [6.07, 6.45) is 1.45. The minimum Gasteiger partial charge on any atom is -0.354 e. The highest BCUT2D eigenvalue weighted by atomic mass is 32.2. The third kappa shape index (κ3) is 6.26. The van der Waals surface area contributed by atoms with Crippen LogP contribution in [-0.4, -0.2) is 78.6 Å². The van der Waals surface area contributed by atoms with Crippen LogP contribution >= 0.6 is 11.8 Å². The van der Waals surface area contributed by atoms with Gasteiger partial charge in [-0.15, -0.1) is 11.8 Å². The zero-order valence-corrected chi connectivity index (χ0v) is 16.1. The van der Waals surface area contributed by atoms with Gasteiger partial charge in [0.1, 0.15) is 6.04 Å². The summed E-state index contributed by atoms with van der Waals surface area (Å²) in [6, 6.07) is -0.302. The molecule has 0 aromatic rings. The Bertz CT molecular complexity index is 433. The molecule has 2 saturated heterocycles. The van der Waals surface area contributed by atoms with Crippen molar-refractivity contribution in [3.63, 3.8) is 0 Å². The molecule has 1 atom stereocenters. The summed E-state index contributed by atoms with van der Waals surface area (Å²) >= 11 is 1.66. The predicted octanol–water partition coefficient (Wildman–Crippen LogP) is 0.736. The Labute approximate surface area is 150 Å². The van der Waals surface area contributed by atoms with Crippen molar-refractivity contribution in [2.45, 2.75) is 39.7 Å². The van der Waals surface area contributed by atoms with Crippen LogP contribution in [0.2, 0.25) is 0 Å². The SMILES string of the molecule is CC(C)(C)CC(=O)N1CSCC1C(=O)NCCCN1CCNCC1. The molecule has 2 rings (SSSR count). The van der Waals surface area contributed by atoms with Crippen molar-refractivity contribution >= 4 is 23.6 Å². The Morgan fingerprint density at radius 1 is 1.25 bits per heavy atom. The number of thioether (sulfide) groups is 1. The third-order valence-corrected chi connectivity index (χ3v) is 5.36. The zero-order chi connectivity index (χ0) is 17.6. The maximum atomic E-state index is 12.4. The van der Waals surface area contributed by atoms with E-state index < -0.39 is 0 Å². The normalized spacial score (nSPS) is 22.6. The van der Waals surface area contributed by atoms with E-state index in [2.05, 4.69) is 36.3 Å². The maximum absolute atomic E-state index is 12.4. The Hall–Kier alpha value is -0.790. The number of amides is 2.